The van der Waals surface area contributed by atoms with Gasteiger partial charge in [0.1, 0.15) is 5.75 Å². The summed E-state index contributed by atoms with van der Waals surface area (Å²) in [5.41, 5.74) is 3.68. The predicted octanol–water partition coefficient (Wildman–Crippen LogP) is 6.17. The maximum Gasteiger partial charge on any atom is 0.306 e. The molecule has 1 unspecified atom stereocenters. The van der Waals surface area contributed by atoms with E-state index in [9.17, 15) is 9.59 Å². The molecule has 0 N–H and O–H groups in total. The highest BCUT2D eigenvalue weighted by Gasteiger charge is 2.47. The second-order valence-electron chi connectivity index (χ2n) is 10.0. The summed E-state index contributed by atoms with van der Waals surface area (Å²) < 4.78 is 12.3. The minimum absolute atomic E-state index is 0.00106. The molecule has 35 heavy (non-hydrogen) atoms. The normalized spacial score (nSPS) is 18.5. The van der Waals surface area contributed by atoms with Gasteiger partial charge in [0.05, 0.1) is 19.1 Å². The Kier molecular flexibility index (Phi) is 8.20. The molecule has 0 saturated carbocycles. The van der Waals surface area contributed by atoms with Gasteiger partial charge in [0.15, 0.2) is 0 Å². The molecule has 0 aromatic heterocycles. The molecule has 2 aliphatic rings. The lowest BCUT2D eigenvalue weighted by Gasteiger charge is -2.41. The molecule has 1 aliphatic heterocycles. The number of esters is 1. The van der Waals surface area contributed by atoms with Gasteiger partial charge in [-0.1, -0.05) is 46.3 Å². The highest BCUT2D eigenvalue weighted by Crippen LogP contribution is 2.55. The third-order valence-corrected chi connectivity index (χ3v) is 8.05. The van der Waals surface area contributed by atoms with Gasteiger partial charge >= 0.3 is 5.97 Å². The van der Waals surface area contributed by atoms with Crippen molar-refractivity contribution in [2.45, 2.75) is 76.7 Å². The van der Waals surface area contributed by atoms with Crippen LogP contribution in [0.25, 0.3) is 0 Å². The molecule has 4 rings (SSSR count). The lowest BCUT2D eigenvalue weighted by Crippen LogP contribution is -2.44. The zero-order valence-corrected chi connectivity index (χ0v) is 22.6. The lowest BCUT2D eigenvalue weighted by molar-refractivity contribution is -0.143. The van der Waals surface area contributed by atoms with Crippen LogP contribution in [0, 0.1) is 0 Å². The average molecular weight is 543 g/mol. The summed E-state index contributed by atoms with van der Waals surface area (Å²) in [6.45, 7) is 7.78. The Morgan fingerprint density at radius 1 is 1.11 bits per heavy atom. The van der Waals surface area contributed by atoms with Gasteiger partial charge in [-0.05, 0) is 81.2 Å². The highest BCUT2D eigenvalue weighted by molar-refractivity contribution is 9.10. The number of hydrogen-bond acceptors (Lipinski definition) is 4. The third-order valence-electron chi connectivity index (χ3n) is 7.39. The number of likely N-dealkylation sites (tertiary alicyclic amines) is 1. The number of carbonyl (C=O) groups excluding carboxylic acids is 2. The summed E-state index contributed by atoms with van der Waals surface area (Å²) in [4.78, 5) is 27.4. The Morgan fingerprint density at radius 2 is 1.86 bits per heavy atom. The summed E-state index contributed by atoms with van der Waals surface area (Å²) in [7, 11) is 0. The second kappa shape index (κ2) is 11.2. The largest absolute Gasteiger partial charge is 0.491 e. The van der Waals surface area contributed by atoms with E-state index in [-0.39, 0.29) is 29.3 Å². The first-order valence-corrected chi connectivity index (χ1v) is 13.6. The Hall–Kier alpha value is -2.34. The van der Waals surface area contributed by atoms with E-state index < -0.39 is 0 Å². The fourth-order valence-electron chi connectivity index (χ4n) is 5.84. The number of benzene rings is 2. The molecule has 188 valence electrons. The number of hydrogen-bond donors (Lipinski definition) is 0. The van der Waals surface area contributed by atoms with Crippen LogP contribution in [0.1, 0.15) is 75.5 Å². The van der Waals surface area contributed by atoms with Crippen molar-refractivity contribution in [3.63, 3.8) is 0 Å². The van der Waals surface area contributed by atoms with Crippen LogP contribution in [0.15, 0.2) is 46.9 Å². The van der Waals surface area contributed by atoms with Crippen molar-refractivity contribution in [1.82, 2.24) is 4.90 Å². The first kappa shape index (κ1) is 25.7. The zero-order chi connectivity index (χ0) is 25.0. The van der Waals surface area contributed by atoms with Gasteiger partial charge in [-0.2, -0.15) is 0 Å². The minimum atomic E-state index is -0.130. The van der Waals surface area contributed by atoms with Gasteiger partial charge < -0.3 is 14.4 Å². The van der Waals surface area contributed by atoms with Crippen LogP contribution in [0.2, 0.25) is 0 Å². The zero-order valence-electron chi connectivity index (χ0n) is 21.0. The van der Waals surface area contributed by atoms with Crippen molar-refractivity contribution in [2.24, 2.45) is 0 Å². The Morgan fingerprint density at radius 3 is 2.57 bits per heavy atom. The number of halogens is 1. The molecular formula is C29H36BrNO4. The first-order chi connectivity index (χ1) is 16.8. The van der Waals surface area contributed by atoms with Crippen LogP contribution in [-0.4, -0.2) is 42.6 Å². The molecule has 5 nitrogen and oxygen atoms in total. The smallest absolute Gasteiger partial charge is 0.306 e. The summed E-state index contributed by atoms with van der Waals surface area (Å²) in [6.07, 6.45) is 4.45. The van der Waals surface area contributed by atoms with Gasteiger partial charge in [-0.15, -0.1) is 0 Å². The van der Waals surface area contributed by atoms with Gasteiger partial charge in [-0.25, -0.2) is 0 Å². The van der Waals surface area contributed by atoms with Gasteiger partial charge in [0.2, 0.25) is 5.91 Å². The number of fused-ring (bicyclic) bond motifs is 2. The van der Waals surface area contributed by atoms with E-state index in [4.69, 9.17) is 9.47 Å². The fraction of sp³-hybridized carbons (Fsp3) is 0.517. The molecule has 0 radical (unpaired) electrons. The number of ether oxygens (including phenoxy) is 2. The quantitative estimate of drug-likeness (QED) is 0.375. The SMILES string of the molecule is CCOC(=O)CC1CC2(CCN(C(=O)CCc3ccccc3OC(C)C)CC2)c2c(Br)cccc21. The number of nitrogens with zero attached hydrogens (tertiary/aromatic N) is 1. The number of carbonyl (C=O) groups is 2. The molecule has 0 bridgehead atoms. The third kappa shape index (κ3) is 5.74. The second-order valence-corrected chi connectivity index (χ2v) is 10.9. The van der Waals surface area contributed by atoms with Crippen molar-refractivity contribution in [1.29, 1.82) is 0 Å². The fourth-order valence-corrected chi connectivity index (χ4v) is 6.65. The van der Waals surface area contributed by atoms with Gasteiger partial charge in [-0.3, -0.25) is 9.59 Å². The molecule has 6 heteroatoms. The van der Waals surface area contributed by atoms with E-state index in [1.165, 1.54) is 11.1 Å². The maximum atomic E-state index is 13.1. The van der Waals surface area contributed by atoms with E-state index in [1.54, 1.807) is 0 Å². The number of piperidine rings is 1. The van der Waals surface area contributed by atoms with Crippen LogP contribution >= 0.6 is 15.9 Å². The summed E-state index contributed by atoms with van der Waals surface area (Å²) in [5, 5.41) is 0. The van der Waals surface area contributed by atoms with Gasteiger partial charge in [0, 0.05) is 29.4 Å². The molecule has 1 saturated heterocycles. The molecule has 1 fully saturated rings. The van der Waals surface area contributed by atoms with E-state index in [2.05, 4.69) is 34.1 Å². The van der Waals surface area contributed by atoms with E-state index >= 15 is 0 Å². The van der Waals surface area contributed by atoms with Crippen LogP contribution < -0.4 is 4.74 Å². The molecule has 2 aromatic carbocycles. The van der Waals surface area contributed by atoms with Crippen LogP contribution in [0.5, 0.6) is 5.75 Å². The standard InChI is InChI=1S/C29H36BrNO4/c1-4-34-27(33)18-22-19-29(28-23(22)9-7-10-24(28)30)14-16-31(17-15-29)26(32)13-12-21-8-5-6-11-25(21)35-20(2)3/h5-11,20,22H,4,12-19H2,1-3H3. The Labute approximate surface area is 217 Å². The number of rotatable bonds is 8. The molecule has 1 atom stereocenters. The van der Waals surface area contributed by atoms with Crippen molar-refractivity contribution >= 4 is 27.8 Å². The molecule has 2 aromatic rings. The van der Waals surface area contributed by atoms with Crippen LogP contribution in [0.3, 0.4) is 0 Å². The first-order valence-electron chi connectivity index (χ1n) is 12.8. The summed E-state index contributed by atoms with van der Waals surface area (Å²) >= 11 is 3.79. The monoisotopic (exact) mass is 541 g/mol. The summed E-state index contributed by atoms with van der Waals surface area (Å²) in [6, 6.07) is 14.3. The van der Waals surface area contributed by atoms with Crippen LogP contribution in [-0.2, 0) is 26.2 Å². The number of para-hydroxylation sites is 1. The average Bonchev–Trinajstić information content (AvgIpc) is 3.12. The van der Waals surface area contributed by atoms with E-state index in [1.807, 2.05) is 49.9 Å². The molecule has 1 spiro atoms. The molecule has 1 heterocycles. The van der Waals surface area contributed by atoms with Gasteiger partial charge in [0.25, 0.3) is 0 Å². The Balaban J connectivity index is 1.41. The van der Waals surface area contributed by atoms with Crippen molar-refractivity contribution in [3.05, 3.63) is 63.6 Å². The van der Waals surface area contributed by atoms with E-state index in [0.717, 1.165) is 48.1 Å². The number of aryl methyl sites for hydroxylation is 1. The molecular weight excluding hydrogens is 506 g/mol. The molecule has 1 amide bonds. The van der Waals surface area contributed by atoms with Crippen molar-refractivity contribution < 1.29 is 19.1 Å². The lowest BCUT2D eigenvalue weighted by atomic mass is 9.73. The van der Waals surface area contributed by atoms with Crippen molar-refractivity contribution in [3.8, 4) is 5.75 Å². The predicted molar refractivity (Wildman–Crippen MR) is 141 cm³/mol. The highest BCUT2D eigenvalue weighted by atomic mass is 79.9. The van der Waals surface area contributed by atoms with Crippen molar-refractivity contribution in [2.75, 3.05) is 19.7 Å². The Bertz CT molecular complexity index is 1060. The topological polar surface area (TPSA) is 55.8 Å². The van der Waals surface area contributed by atoms with E-state index in [0.29, 0.717) is 25.9 Å². The summed E-state index contributed by atoms with van der Waals surface area (Å²) in [5.74, 6) is 1.11. The maximum absolute atomic E-state index is 13.1. The molecule has 1 aliphatic carbocycles. The van der Waals surface area contributed by atoms with Crippen LogP contribution in [0.4, 0.5) is 0 Å². The minimum Gasteiger partial charge on any atom is -0.491 e. The number of amides is 1.